The molecule has 1 fully saturated rings. The quantitative estimate of drug-likeness (QED) is 0.754. The highest BCUT2D eigenvalue weighted by Gasteiger charge is 2.19. The molecule has 0 aliphatic carbocycles. The summed E-state index contributed by atoms with van der Waals surface area (Å²) in [4.78, 5) is 17.4. The summed E-state index contributed by atoms with van der Waals surface area (Å²) in [7, 11) is 1.67. The fourth-order valence-electron chi connectivity index (χ4n) is 3.26. The summed E-state index contributed by atoms with van der Waals surface area (Å²) >= 11 is 0. The highest BCUT2D eigenvalue weighted by Crippen LogP contribution is 2.20. The van der Waals surface area contributed by atoms with Gasteiger partial charge in [-0.25, -0.2) is 0 Å². The Kier molecular flexibility index (Phi) is 6.85. The average molecular weight is 368 g/mol. The zero-order chi connectivity index (χ0) is 19.1. The molecule has 1 aliphatic heterocycles. The van der Waals surface area contributed by atoms with E-state index in [1.165, 1.54) is 0 Å². The summed E-state index contributed by atoms with van der Waals surface area (Å²) in [5, 5.41) is 0. The van der Waals surface area contributed by atoms with E-state index in [0.717, 1.165) is 55.3 Å². The van der Waals surface area contributed by atoms with Crippen molar-refractivity contribution >= 4 is 5.91 Å². The second-order valence-electron chi connectivity index (χ2n) is 6.86. The van der Waals surface area contributed by atoms with Crippen molar-refractivity contribution in [3.05, 3.63) is 65.2 Å². The van der Waals surface area contributed by atoms with Crippen molar-refractivity contribution in [1.82, 2.24) is 9.80 Å². The van der Waals surface area contributed by atoms with Gasteiger partial charge in [0.15, 0.2) is 0 Å². The summed E-state index contributed by atoms with van der Waals surface area (Å²) in [6.07, 6.45) is 0. The van der Waals surface area contributed by atoms with E-state index in [1.807, 2.05) is 60.4 Å². The maximum atomic E-state index is 13.2. The van der Waals surface area contributed by atoms with Gasteiger partial charge in [0.1, 0.15) is 5.75 Å². The minimum atomic E-state index is 0.0502. The molecule has 0 aromatic heterocycles. The molecule has 0 radical (unpaired) electrons. The Morgan fingerprint density at radius 3 is 2.52 bits per heavy atom. The van der Waals surface area contributed by atoms with Gasteiger partial charge in [-0.1, -0.05) is 35.9 Å². The van der Waals surface area contributed by atoms with Gasteiger partial charge in [-0.05, 0) is 25.1 Å². The topological polar surface area (TPSA) is 42.0 Å². The Balaban J connectivity index is 1.76. The molecule has 1 amide bonds. The van der Waals surface area contributed by atoms with E-state index in [-0.39, 0.29) is 5.91 Å². The summed E-state index contributed by atoms with van der Waals surface area (Å²) in [5.41, 5.74) is 2.89. The summed E-state index contributed by atoms with van der Waals surface area (Å²) in [6.45, 7) is 7.43. The summed E-state index contributed by atoms with van der Waals surface area (Å²) in [5.74, 6) is 0.861. The van der Waals surface area contributed by atoms with Gasteiger partial charge < -0.3 is 14.4 Å². The number of benzene rings is 2. The molecule has 0 unspecified atom stereocenters. The first kappa shape index (κ1) is 19.4. The number of morpholine rings is 1. The highest BCUT2D eigenvalue weighted by atomic mass is 16.5. The Morgan fingerprint density at radius 1 is 1.11 bits per heavy atom. The van der Waals surface area contributed by atoms with Crippen LogP contribution in [-0.2, 0) is 11.3 Å². The Labute approximate surface area is 161 Å². The summed E-state index contributed by atoms with van der Waals surface area (Å²) < 4.78 is 10.9. The van der Waals surface area contributed by atoms with Crippen LogP contribution in [0.5, 0.6) is 5.75 Å². The molecule has 1 saturated heterocycles. The Bertz CT molecular complexity index is 739. The zero-order valence-corrected chi connectivity index (χ0v) is 16.2. The van der Waals surface area contributed by atoms with Crippen LogP contribution in [0.3, 0.4) is 0 Å². The maximum Gasteiger partial charge on any atom is 0.254 e. The van der Waals surface area contributed by atoms with Gasteiger partial charge in [0.2, 0.25) is 0 Å². The van der Waals surface area contributed by atoms with Gasteiger partial charge >= 0.3 is 0 Å². The van der Waals surface area contributed by atoms with Crippen molar-refractivity contribution in [1.29, 1.82) is 0 Å². The predicted octanol–water partition coefficient (Wildman–Crippen LogP) is 2.98. The number of hydrogen-bond donors (Lipinski definition) is 0. The molecule has 2 aromatic rings. The van der Waals surface area contributed by atoms with E-state index in [0.29, 0.717) is 13.1 Å². The monoisotopic (exact) mass is 368 g/mol. The van der Waals surface area contributed by atoms with Crippen LogP contribution in [0.1, 0.15) is 21.5 Å². The number of ether oxygens (including phenoxy) is 2. The van der Waals surface area contributed by atoms with Gasteiger partial charge in [0, 0.05) is 43.9 Å². The standard InChI is InChI=1S/C22H28N2O3/c1-18-7-9-19(10-8-18)22(25)24(12-11-23-13-15-27-16-14-23)17-20-5-3-4-6-21(20)26-2/h3-10H,11-17H2,1-2H3. The lowest BCUT2D eigenvalue weighted by Crippen LogP contribution is -2.43. The van der Waals surface area contributed by atoms with Gasteiger partial charge in [-0.15, -0.1) is 0 Å². The number of carbonyl (C=O) groups excluding carboxylic acids is 1. The highest BCUT2D eigenvalue weighted by molar-refractivity contribution is 5.94. The normalized spacial score (nSPS) is 14.7. The lowest BCUT2D eigenvalue weighted by molar-refractivity contribution is 0.0320. The van der Waals surface area contributed by atoms with Gasteiger partial charge in [0.05, 0.1) is 20.3 Å². The summed E-state index contributed by atoms with van der Waals surface area (Å²) in [6, 6.07) is 15.7. The molecule has 1 aliphatic rings. The Morgan fingerprint density at radius 2 is 1.81 bits per heavy atom. The molecular weight excluding hydrogens is 340 g/mol. The third-order valence-corrected chi connectivity index (χ3v) is 4.93. The first-order valence-corrected chi connectivity index (χ1v) is 9.45. The van der Waals surface area contributed by atoms with E-state index in [2.05, 4.69) is 4.90 Å². The van der Waals surface area contributed by atoms with E-state index < -0.39 is 0 Å². The molecule has 144 valence electrons. The minimum absolute atomic E-state index is 0.0502. The SMILES string of the molecule is COc1ccccc1CN(CCN1CCOCC1)C(=O)c1ccc(C)cc1. The largest absolute Gasteiger partial charge is 0.496 e. The number of carbonyl (C=O) groups is 1. The van der Waals surface area contributed by atoms with Crippen LogP contribution >= 0.6 is 0 Å². The number of para-hydroxylation sites is 1. The molecule has 1 heterocycles. The number of nitrogens with zero attached hydrogens (tertiary/aromatic N) is 2. The van der Waals surface area contributed by atoms with Crippen molar-refractivity contribution in [2.75, 3.05) is 46.5 Å². The first-order valence-electron chi connectivity index (χ1n) is 9.45. The first-order chi connectivity index (χ1) is 13.2. The molecule has 0 spiro atoms. The average Bonchev–Trinajstić information content (AvgIpc) is 2.72. The van der Waals surface area contributed by atoms with Crippen LogP contribution in [0, 0.1) is 6.92 Å². The zero-order valence-electron chi connectivity index (χ0n) is 16.2. The Hall–Kier alpha value is -2.37. The van der Waals surface area contributed by atoms with Crippen LogP contribution in [-0.4, -0.2) is 62.2 Å². The molecule has 2 aromatic carbocycles. The molecule has 5 heteroatoms. The fraction of sp³-hybridized carbons (Fsp3) is 0.409. The molecule has 0 bridgehead atoms. The number of methoxy groups -OCH3 is 1. The third kappa shape index (κ3) is 5.31. The smallest absolute Gasteiger partial charge is 0.254 e. The molecule has 27 heavy (non-hydrogen) atoms. The van der Waals surface area contributed by atoms with E-state index in [9.17, 15) is 4.79 Å². The van der Waals surface area contributed by atoms with E-state index in [1.54, 1.807) is 7.11 Å². The molecule has 5 nitrogen and oxygen atoms in total. The minimum Gasteiger partial charge on any atom is -0.496 e. The van der Waals surface area contributed by atoms with Crippen molar-refractivity contribution in [2.24, 2.45) is 0 Å². The van der Waals surface area contributed by atoms with E-state index in [4.69, 9.17) is 9.47 Å². The third-order valence-electron chi connectivity index (χ3n) is 4.93. The number of rotatable bonds is 7. The molecule has 0 saturated carbocycles. The number of hydrogen-bond acceptors (Lipinski definition) is 4. The van der Waals surface area contributed by atoms with Crippen molar-refractivity contribution in [3.8, 4) is 5.75 Å². The van der Waals surface area contributed by atoms with Crippen LogP contribution in [0.2, 0.25) is 0 Å². The van der Waals surface area contributed by atoms with Crippen molar-refractivity contribution in [2.45, 2.75) is 13.5 Å². The maximum absolute atomic E-state index is 13.2. The van der Waals surface area contributed by atoms with Gasteiger partial charge in [-0.2, -0.15) is 0 Å². The second kappa shape index (κ2) is 9.53. The van der Waals surface area contributed by atoms with Crippen LogP contribution in [0.25, 0.3) is 0 Å². The van der Waals surface area contributed by atoms with Crippen LogP contribution < -0.4 is 4.74 Å². The number of aryl methyl sites for hydroxylation is 1. The predicted molar refractivity (Wildman–Crippen MR) is 106 cm³/mol. The lowest BCUT2D eigenvalue weighted by Gasteiger charge is -2.30. The van der Waals surface area contributed by atoms with Crippen molar-refractivity contribution in [3.63, 3.8) is 0 Å². The van der Waals surface area contributed by atoms with E-state index >= 15 is 0 Å². The lowest BCUT2D eigenvalue weighted by atomic mass is 10.1. The number of amides is 1. The second-order valence-corrected chi connectivity index (χ2v) is 6.86. The van der Waals surface area contributed by atoms with Crippen LogP contribution in [0.15, 0.2) is 48.5 Å². The molecular formula is C22H28N2O3. The van der Waals surface area contributed by atoms with Crippen molar-refractivity contribution < 1.29 is 14.3 Å². The van der Waals surface area contributed by atoms with Gasteiger partial charge in [-0.3, -0.25) is 9.69 Å². The molecule has 0 N–H and O–H groups in total. The van der Waals surface area contributed by atoms with Gasteiger partial charge in [0.25, 0.3) is 5.91 Å². The molecule has 3 rings (SSSR count). The fourth-order valence-corrected chi connectivity index (χ4v) is 3.26. The van der Waals surface area contributed by atoms with Crippen LogP contribution in [0.4, 0.5) is 0 Å². The molecule has 0 atom stereocenters.